The molecule has 1 aliphatic heterocycles. The first-order chi connectivity index (χ1) is 9.40. The molecule has 1 aliphatic rings. The van der Waals surface area contributed by atoms with Crippen molar-refractivity contribution in [3.63, 3.8) is 0 Å². The molecule has 1 amide bonds. The highest BCUT2D eigenvalue weighted by atomic mass is 16.4. The Hall–Kier alpha value is -2.08. The van der Waals surface area contributed by atoms with Crippen molar-refractivity contribution in [2.45, 2.75) is 25.4 Å². The van der Waals surface area contributed by atoms with Crippen LogP contribution in [-0.4, -0.2) is 40.8 Å². The van der Waals surface area contributed by atoms with Crippen molar-refractivity contribution >= 4 is 17.6 Å². The van der Waals surface area contributed by atoms with Gasteiger partial charge in [-0.3, -0.25) is 4.79 Å². The fraction of sp³-hybridized carbons (Fsp3) is 0.429. The predicted molar refractivity (Wildman–Crippen MR) is 73.8 cm³/mol. The minimum atomic E-state index is -1.97. The monoisotopic (exact) mass is 278 g/mol. The maximum atomic E-state index is 12.0. The summed E-state index contributed by atoms with van der Waals surface area (Å²) in [5, 5.41) is 24.0. The second-order valence-corrected chi connectivity index (χ2v) is 5.16. The number of fused-ring (bicyclic) bond motifs is 1. The fourth-order valence-electron chi connectivity index (χ4n) is 2.05. The van der Waals surface area contributed by atoms with E-state index in [0.29, 0.717) is 5.56 Å². The second-order valence-electron chi connectivity index (χ2n) is 5.16. The summed E-state index contributed by atoms with van der Waals surface area (Å²) in [4.78, 5) is 22.7. The van der Waals surface area contributed by atoms with Crippen molar-refractivity contribution in [2.75, 3.05) is 18.4 Å². The van der Waals surface area contributed by atoms with E-state index in [4.69, 9.17) is 5.11 Å². The molecule has 0 aliphatic carbocycles. The topological polar surface area (TPSA) is 98.7 Å². The molecular formula is C14H18N2O4. The Balaban J connectivity index is 2.04. The lowest BCUT2D eigenvalue weighted by Crippen LogP contribution is -2.46. The van der Waals surface area contributed by atoms with E-state index in [1.54, 1.807) is 12.1 Å². The number of aliphatic carboxylic acids is 1. The zero-order valence-electron chi connectivity index (χ0n) is 11.3. The molecular weight excluding hydrogens is 260 g/mol. The Morgan fingerprint density at radius 2 is 2.20 bits per heavy atom. The Kier molecular flexibility index (Phi) is 3.94. The standard InChI is InChI=1S/C14H18N2O4/c1-14(20,13(18)19)8-16-12(17)10-4-5-11-9(7-10)3-2-6-15-11/h4-5,7,15,20H,2-3,6,8H2,1H3,(H,16,17)(H,18,19). The van der Waals surface area contributed by atoms with Gasteiger partial charge < -0.3 is 20.8 Å². The number of hydrogen-bond donors (Lipinski definition) is 4. The maximum Gasteiger partial charge on any atom is 0.337 e. The van der Waals surface area contributed by atoms with Crippen LogP contribution in [0.15, 0.2) is 18.2 Å². The highest BCUT2D eigenvalue weighted by Crippen LogP contribution is 2.22. The van der Waals surface area contributed by atoms with Gasteiger partial charge in [-0.1, -0.05) is 0 Å². The number of aliphatic hydroxyl groups is 1. The molecule has 0 bridgehead atoms. The SMILES string of the molecule is CC(O)(CNC(=O)c1ccc2c(c1)CCCN2)C(=O)O. The Morgan fingerprint density at radius 3 is 2.90 bits per heavy atom. The minimum Gasteiger partial charge on any atom is -0.479 e. The van der Waals surface area contributed by atoms with Gasteiger partial charge in [0.05, 0.1) is 6.54 Å². The number of hydrogen-bond acceptors (Lipinski definition) is 4. The summed E-state index contributed by atoms with van der Waals surface area (Å²) in [6, 6.07) is 5.33. The van der Waals surface area contributed by atoms with Gasteiger partial charge in [-0.05, 0) is 43.5 Å². The van der Waals surface area contributed by atoms with Crippen molar-refractivity contribution in [3.8, 4) is 0 Å². The Bertz CT molecular complexity index is 540. The molecule has 0 radical (unpaired) electrons. The van der Waals surface area contributed by atoms with Crippen LogP contribution in [0.25, 0.3) is 0 Å². The van der Waals surface area contributed by atoms with Crippen LogP contribution in [0.3, 0.4) is 0 Å². The van der Waals surface area contributed by atoms with Crippen molar-refractivity contribution in [1.82, 2.24) is 5.32 Å². The molecule has 20 heavy (non-hydrogen) atoms. The number of benzene rings is 1. The molecule has 2 rings (SSSR count). The van der Waals surface area contributed by atoms with Gasteiger partial charge in [-0.2, -0.15) is 0 Å². The normalized spacial score (nSPS) is 16.5. The van der Waals surface area contributed by atoms with E-state index >= 15 is 0 Å². The molecule has 1 aromatic rings. The summed E-state index contributed by atoms with van der Waals surface area (Å²) >= 11 is 0. The van der Waals surface area contributed by atoms with Gasteiger partial charge in [0.2, 0.25) is 0 Å². The summed E-state index contributed by atoms with van der Waals surface area (Å²) in [6.07, 6.45) is 1.93. The van der Waals surface area contributed by atoms with Gasteiger partial charge in [0.1, 0.15) is 0 Å². The maximum absolute atomic E-state index is 12.0. The molecule has 1 unspecified atom stereocenters. The first-order valence-electron chi connectivity index (χ1n) is 6.51. The number of rotatable bonds is 4. The average molecular weight is 278 g/mol. The molecule has 0 saturated heterocycles. The van der Waals surface area contributed by atoms with Crippen LogP contribution in [0.4, 0.5) is 5.69 Å². The highest BCUT2D eigenvalue weighted by Gasteiger charge is 2.30. The first-order valence-corrected chi connectivity index (χ1v) is 6.51. The number of anilines is 1. The summed E-state index contributed by atoms with van der Waals surface area (Å²) < 4.78 is 0. The third-order valence-electron chi connectivity index (χ3n) is 3.36. The number of nitrogens with one attached hydrogen (secondary N) is 2. The molecule has 1 heterocycles. The van der Waals surface area contributed by atoms with Crippen molar-refractivity contribution < 1.29 is 19.8 Å². The van der Waals surface area contributed by atoms with Crippen LogP contribution < -0.4 is 10.6 Å². The number of carbonyl (C=O) groups excluding carboxylic acids is 1. The van der Waals surface area contributed by atoms with Crippen LogP contribution in [-0.2, 0) is 11.2 Å². The van der Waals surface area contributed by atoms with E-state index in [9.17, 15) is 14.7 Å². The molecule has 1 aromatic carbocycles. The number of carboxylic acids is 1. The Labute approximate surface area is 116 Å². The zero-order chi connectivity index (χ0) is 14.8. The summed E-state index contributed by atoms with van der Waals surface area (Å²) in [6.45, 7) is 1.74. The minimum absolute atomic E-state index is 0.337. The van der Waals surface area contributed by atoms with Crippen molar-refractivity contribution in [3.05, 3.63) is 29.3 Å². The van der Waals surface area contributed by atoms with E-state index < -0.39 is 11.6 Å². The van der Waals surface area contributed by atoms with Crippen LogP contribution in [0.1, 0.15) is 29.3 Å². The van der Waals surface area contributed by atoms with Crippen LogP contribution in [0.2, 0.25) is 0 Å². The molecule has 0 spiro atoms. The molecule has 6 nitrogen and oxygen atoms in total. The van der Waals surface area contributed by atoms with Crippen molar-refractivity contribution in [2.24, 2.45) is 0 Å². The van der Waals surface area contributed by atoms with Gasteiger partial charge in [0, 0.05) is 17.8 Å². The van der Waals surface area contributed by atoms with E-state index in [1.807, 2.05) is 6.07 Å². The van der Waals surface area contributed by atoms with Gasteiger partial charge in [0.15, 0.2) is 5.60 Å². The summed E-state index contributed by atoms with van der Waals surface area (Å²) in [7, 11) is 0. The lowest BCUT2D eigenvalue weighted by atomic mass is 10.0. The van der Waals surface area contributed by atoms with Gasteiger partial charge in [-0.25, -0.2) is 4.79 Å². The molecule has 1 atom stereocenters. The van der Waals surface area contributed by atoms with Crippen LogP contribution >= 0.6 is 0 Å². The summed E-state index contributed by atoms with van der Waals surface area (Å²) in [5.41, 5.74) is 0.610. The zero-order valence-corrected chi connectivity index (χ0v) is 11.3. The third kappa shape index (κ3) is 3.08. The van der Waals surface area contributed by atoms with Gasteiger partial charge in [0.25, 0.3) is 5.91 Å². The van der Waals surface area contributed by atoms with Gasteiger partial charge in [-0.15, -0.1) is 0 Å². The molecule has 4 N–H and O–H groups in total. The quantitative estimate of drug-likeness (QED) is 0.647. The molecule has 0 aromatic heterocycles. The molecule has 0 saturated carbocycles. The second kappa shape index (κ2) is 5.50. The van der Waals surface area contributed by atoms with E-state index in [-0.39, 0.29) is 12.5 Å². The van der Waals surface area contributed by atoms with E-state index in [2.05, 4.69) is 10.6 Å². The molecule has 6 heteroatoms. The smallest absolute Gasteiger partial charge is 0.337 e. The van der Waals surface area contributed by atoms with Crippen LogP contribution in [0, 0.1) is 0 Å². The third-order valence-corrected chi connectivity index (χ3v) is 3.36. The van der Waals surface area contributed by atoms with Crippen molar-refractivity contribution in [1.29, 1.82) is 0 Å². The number of amides is 1. The predicted octanol–water partition coefficient (Wildman–Crippen LogP) is 0.610. The lowest BCUT2D eigenvalue weighted by Gasteiger charge is -2.20. The Morgan fingerprint density at radius 1 is 1.45 bits per heavy atom. The molecule has 108 valence electrons. The lowest BCUT2D eigenvalue weighted by molar-refractivity contribution is -0.155. The fourth-order valence-corrected chi connectivity index (χ4v) is 2.05. The number of aryl methyl sites for hydroxylation is 1. The number of carbonyl (C=O) groups is 2. The van der Waals surface area contributed by atoms with E-state index in [1.165, 1.54) is 0 Å². The van der Waals surface area contributed by atoms with Gasteiger partial charge >= 0.3 is 5.97 Å². The highest BCUT2D eigenvalue weighted by molar-refractivity contribution is 5.95. The largest absolute Gasteiger partial charge is 0.479 e. The summed E-state index contributed by atoms with van der Waals surface area (Å²) in [5.74, 6) is -1.76. The van der Waals surface area contributed by atoms with Crippen LogP contribution in [0.5, 0.6) is 0 Å². The average Bonchev–Trinajstić information content (AvgIpc) is 2.44. The van der Waals surface area contributed by atoms with E-state index in [0.717, 1.165) is 37.6 Å². The number of carboxylic acid groups (broad SMARTS) is 1. The molecule has 0 fully saturated rings. The first kappa shape index (κ1) is 14.3.